The summed E-state index contributed by atoms with van der Waals surface area (Å²) in [6, 6.07) is 18.7. The van der Waals surface area contributed by atoms with E-state index in [4.69, 9.17) is 14.9 Å². The van der Waals surface area contributed by atoms with Crippen LogP contribution in [0.15, 0.2) is 60.7 Å². The Balaban J connectivity index is 1.84. The number of hydrogen-bond donors (Lipinski definition) is 1. The largest absolute Gasteiger partial charge is 0.445 e. The highest BCUT2D eigenvalue weighted by atomic mass is 28.4. The SMILES string of the molecule is CC(C)(C)[Si](C)(C)OCC1CC(C(N)=O)C(c2ccccc2)N(C(=O)OCc2ccccc2)C1. The normalized spacial score (nSPS) is 21.2. The van der Waals surface area contributed by atoms with E-state index in [9.17, 15) is 9.59 Å². The van der Waals surface area contributed by atoms with Gasteiger partial charge >= 0.3 is 6.09 Å². The molecule has 0 aliphatic carbocycles. The number of amides is 2. The topological polar surface area (TPSA) is 81.9 Å². The fourth-order valence-corrected chi connectivity index (χ4v) is 5.24. The van der Waals surface area contributed by atoms with E-state index >= 15 is 0 Å². The maximum Gasteiger partial charge on any atom is 0.410 e. The number of ether oxygens (including phenoxy) is 1. The van der Waals surface area contributed by atoms with Gasteiger partial charge in [-0.1, -0.05) is 81.4 Å². The monoisotopic (exact) mass is 482 g/mol. The quantitative estimate of drug-likeness (QED) is 0.528. The van der Waals surface area contributed by atoms with Gasteiger partial charge in [0.1, 0.15) is 6.61 Å². The molecule has 0 bridgehead atoms. The van der Waals surface area contributed by atoms with Crippen LogP contribution in [0.1, 0.15) is 44.4 Å². The first kappa shape index (κ1) is 26.0. The first-order valence-corrected chi connectivity index (χ1v) is 14.9. The van der Waals surface area contributed by atoms with Gasteiger partial charge in [-0.15, -0.1) is 0 Å². The van der Waals surface area contributed by atoms with Gasteiger partial charge in [-0.05, 0) is 41.6 Å². The van der Waals surface area contributed by atoms with Crippen LogP contribution in [0.5, 0.6) is 0 Å². The molecule has 0 radical (unpaired) electrons. The number of likely N-dealkylation sites (tertiary alicyclic amines) is 1. The van der Waals surface area contributed by atoms with E-state index in [1.807, 2.05) is 60.7 Å². The van der Waals surface area contributed by atoms with Crippen LogP contribution >= 0.6 is 0 Å². The molecule has 2 amide bonds. The summed E-state index contributed by atoms with van der Waals surface area (Å²) in [6.45, 7) is 12.1. The lowest BCUT2D eigenvalue weighted by atomic mass is 9.80. The molecule has 2 N–H and O–H groups in total. The minimum absolute atomic E-state index is 0.00383. The first-order valence-electron chi connectivity index (χ1n) is 11.9. The summed E-state index contributed by atoms with van der Waals surface area (Å²) in [6.07, 6.45) is 0.132. The smallest absolute Gasteiger partial charge is 0.410 e. The fraction of sp³-hybridized carbons (Fsp3) is 0.481. The van der Waals surface area contributed by atoms with E-state index in [0.29, 0.717) is 19.6 Å². The van der Waals surface area contributed by atoms with Crippen molar-refractivity contribution in [3.05, 3.63) is 71.8 Å². The van der Waals surface area contributed by atoms with Crippen molar-refractivity contribution in [2.24, 2.45) is 17.6 Å². The minimum atomic E-state index is -1.98. The number of nitrogens with zero attached hydrogens (tertiary/aromatic N) is 1. The zero-order valence-electron chi connectivity index (χ0n) is 21.0. The third kappa shape index (κ3) is 6.27. The van der Waals surface area contributed by atoms with Gasteiger partial charge in [0.25, 0.3) is 0 Å². The van der Waals surface area contributed by atoms with Crippen LogP contribution in [0.25, 0.3) is 0 Å². The third-order valence-electron chi connectivity index (χ3n) is 7.19. The van der Waals surface area contributed by atoms with E-state index in [1.165, 1.54) is 0 Å². The molecule has 1 fully saturated rings. The zero-order chi connectivity index (χ0) is 24.9. The van der Waals surface area contributed by atoms with E-state index in [0.717, 1.165) is 11.1 Å². The maximum absolute atomic E-state index is 13.3. The van der Waals surface area contributed by atoms with Gasteiger partial charge in [0, 0.05) is 13.2 Å². The first-order chi connectivity index (χ1) is 16.0. The standard InChI is InChI=1S/C27H38N2O4Si/c1-27(2,3)34(4,5)33-19-21-16-23(25(28)30)24(22-14-10-7-11-15-22)29(17-21)26(31)32-18-20-12-8-6-9-13-20/h6-15,21,23-24H,16-19H2,1-5H3,(H2,28,30). The van der Waals surface area contributed by atoms with Gasteiger partial charge in [-0.3, -0.25) is 9.69 Å². The fourth-order valence-electron chi connectivity index (χ4n) is 4.16. The van der Waals surface area contributed by atoms with Crippen LogP contribution in [-0.2, 0) is 20.6 Å². The average Bonchev–Trinajstić information content (AvgIpc) is 2.81. The van der Waals surface area contributed by atoms with Crippen molar-refractivity contribution < 1.29 is 18.8 Å². The second kappa shape index (κ2) is 10.7. The Morgan fingerprint density at radius 2 is 1.62 bits per heavy atom. The molecule has 6 nitrogen and oxygen atoms in total. The van der Waals surface area contributed by atoms with Crippen LogP contribution in [0.2, 0.25) is 18.1 Å². The van der Waals surface area contributed by atoms with Crippen LogP contribution in [-0.4, -0.2) is 38.4 Å². The lowest BCUT2D eigenvalue weighted by Gasteiger charge is -2.44. The Bertz CT molecular complexity index is 960. The molecular formula is C27H38N2O4Si. The van der Waals surface area contributed by atoms with Gasteiger partial charge in [0.2, 0.25) is 5.91 Å². The molecule has 0 spiro atoms. The Kier molecular flexibility index (Phi) is 8.20. The third-order valence-corrected chi connectivity index (χ3v) is 11.7. The van der Waals surface area contributed by atoms with E-state index in [-0.39, 0.29) is 17.6 Å². The minimum Gasteiger partial charge on any atom is -0.445 e. The predicted octanol–water partition coefficient (Wildman–Crippen LogP) is 5.51. The number of rotatable bonds is 7. The lowest BCUT2D eigenvalue weighted by Crippen LogP contribution is -2.52. The van der Waals surface area contributed by atoms with Crippen LogP contribution in [0, 0.1) is 11.8 Å². The number of benzene rings is 2. The number of carbonyl (C=O) groups is 2. The summed E-state index contributed by atoms with van der Waals surface area (Å²) >= 11 is 0. The summed E-state index contributed by atoms with van der Waals surface area (Å²) < 4.78 is 12.2. The molecule has 3 atom stereocenters. The van der Waals surface area contributed by atoms with Crippen molar-refractivity contribution in [2.45, 2.75) is 58.0 Å². The maximum atomic E-state index is 13.3. The summed E-state index contributed by atoms with van der Waals surface area (Å²) in [5, 5.41) is 0.0750. The van der Waals surface area contributed by atoms with Crippen LogP contribution in [0.4, 0.5) is 4.79 Å². The zero-order valence-corrected chi connectivity index (χ0v) is 22.0. The summed E-state index contributed by atoms with van der Waals surface area (Å²) in [5.74, 6) is -0.934. The van der Waals surface area contributed by atoms with Crippen molar-refractivity contribution >= 4 is 20.3 Å². The van der Waals surface area contributed by atoms with Crippen molar-refractivity contribution in [1.29, 1.82) is 0 Å². The summed E-state index contributed by atoms with van der Waals surface area (Å²) in [7, 11) is -1.98. The number of nitrogens with two attached hydrogens (primary N) is 1. The van der Waals surface area contributed by atoms with Crippen LogP contribution in [0.3, 0.4) is 0 Å². The van der Waals surface area contributed by atoms with Gasteiger partial charge in [0.15, 0.2) is 8.32 Å². The number of piperidine rings is 1. The van der Waals surface area contributed by atoms with Crippen molar-refractivity contribution in [3.8, 4) is 0 Å². The Morgan fingerprint density at radius 1 is 1.03 bits per heavy atom. The molecule has 184 valence electrons. The molecule has 2 aromatic carbocycles. The van der Waals surface area contributed by atoms with E-state index in [1.54, 1.807) is 4.90 Å². The number of primary amides is 1. The Labute approximate surface area is 204 Å². The molecule has 2 aromatic rings. The predicted molar refractivity (Wildman–Crippen MR) is 136 cm³/mol. The second-order valence-corrected chi connectivity index (χ2v) is 15.5. The second-order valence-electron chi connectivity index (χ2n) is 10.7. The van der Waals surface area contributed by atoms with Gasteiger partial charge < -0.3 is 14.9 Å². The highest BCUT2D eigenvalue weighted by Gasteiger charge is 2.44. The van der Waals surface area contributed by atoms with Crippen molar-refractivity contribution in [3.63, 3.8) is 0 Å². The van der Waals surface area contributed by atoms with Crippen LogP contribution < -0.4 is 5.73 Å². The number of hydrogen-bond acceptors (Lipinski definition) is 4. The molecule has 3 unspecified atom stereocenters. The average molecular weight is 483 g/mol. The molecule has 7 heteroatoms. The molecule has 3 rings (SSSR count). The molecule has 1 aliphatic rings. The van der Waals surface area contributed by atoms with E-state index < -0.39 is 32.3 Å². The molecule has 1 heterocycles. The van der Waals surface area contributed by atoms with Gasteiger partial charge in [-0.25, -0.2) is 4.79 Å². The molecule has 0 aromatic heterocycles. The molecule has 1 aliphatic heterocycles. The molecule has 1 saturated heterocycles. The number of carbonyl (C=O) groups excluding carboxylic acids is 2. The lowest BCUT2D eigenvalue weighted by molar-refractivity contribution is -0.126. The van der Waals surface area contributed by atoms with Crippen molar-refractivity contribution in [1.82, 2.24) is 4.90 Å². The van der Waals surface area contributed by atoms with E-state index in [2.05, 4.69) is 33.9 Å². The van der Waals surface area contributed by atoms with Gasteiger partial charge in [0.05, 0.1) is 12.0 Å². The van der Waals surface area contributed by atoms with Gasteiger partial charge in [-0.2, -0.15) is 0 Å². The molecular weight excluding hydrogens is 444 g/mol. The highest BCUT2D eigenvalue weighted by Crippen LogP contribution is 2.41. The Hall–Kier alpha value is -2.64. The summed E-state index contributed by atoms with van der Waals surface area (Å²) in [4.78, 5) is 27.6. The summed E-state index contributed by atoms with van der Waals surface area (Å²) in [5.41, 5.74) is 7.68. The highest BCUT2D eigenvalue weighted by molar-refractivity contribution is 6.74. The molecule has 0 saturated carbocycles. The van der Waals surface area contributed by atoms with Crippen molar-refractivity contribution in [2.75, 3.05) is 13.2 Å². The Morgan fingerprint density at radius 3 is 2.18 bits per heavy atom. The molecule has 34 heavy (non-hydrogen) atoms.